The van der Waals surface area contributed by atoms with Crippen LogP contribution in [-0.2, 0) is 4.79 Å². The van der Waals surface area contributed by atoms with Gasteiger partial charge in [0.05, 0.1) is 0 Å². The quantitative estimate of drug-likeness (QED) is 0.615. The second-order valence-electron chi connectivity index (χ2n) is 4.28. The molecule has 2 aliphatic rings. The summed E-state index contributed by atoms with van der Waals surface area (Å²) in [6, 6.07) is -0.291. The van der Waals surface area contributed by atoms with Crippen LogP contribution in [0.1, 0.15) is 32.6 Å². The third kappa shape index (κ3) is 1.04. The third-order valence-electron chi connectivity index (χ3n) is 3.47. The average Bonchev–Trinajstić information content (AvgIpc) is 2.41. The lowest BCUT2D eigenvalue weighted by Gasteiger charge is -2.24. The lowest BCUT2D eigenvalue weighted by molar-refractivity contribution is -0.139. The summed E-state index contributed by atoms with van der Waals surface area (Å²) in [7, 11) is 0. The van der Waals surface area contributed by atoms with Crippen LogP contribution in [0.15, 0.2) is 0 Å². The van der Waals surface area contributed by atoms with Gasteiger partial charge in [-0.15, -0.1) is 0 Å². The number of hydrogen-bond acceptors (Lipinski definition) is 2. The van der Waals surface area contributed by atoms with Crippen molar-refractivity contribution < 1.29 is 9.90 Å². The Morgan fingerprint density at radius 2 is 2.42 bits per heavy atom. The van der Waals surface area contributed by atoms with Crippen LogP contribution in [0.2, 0.25) is 0 Å². The Balaban J connectivity index is 2.11. The molecule has 1 saturated heterocycles. The van der Waals surface area contributed by atoms with E-state index in [1.54, 1.807) is 0 Å². The van der Waals surface area contributed by atoms with E-state index in [9.17, 15) is 4.79 Å². The van der Waals surface area contributed by atoms with Crippen LogP contribution >= 0.6 is 0 Å². The highest BCUT2D eigenvalue weighted by Crippen LogP contribution is 2.43. The van der Waals surface area contributed by atoms with Gasteiger partial charge in [0.1, 0.15) is 6.04 Å². The molecule has 2 N–H and O–H groups in total. The fourth-order valence-corrected chi connectivity index (χ4v) is 2.71. The molecule has 1 heterocycles. The molecule has 3 atom stereocenters. The van der Waals surface area contributed by atoms with Crippen molar-refractivity contribution in [1.82, 2.24) is 5.32 Å². The lowest BCUT2D eigenvalue weighted by atomic mass is 9.91. The molecule has 0 spiro atoms. The van der Waals surface area contributed by atoms with Gasteiger partial charge in [-0.3, -0.25) is 10.1 Å². The maximum Gasteiger partial charge on any atom is 0.320 e. The molecule has 0 aromatic heterocycles. The fourth-order valence-electron chi connectivity index (χ4n) is 2.71. The maximum atomic E-state index is 10.7. The Morgan fingerprint density at radius 3 is 3.00 bits per heavy atom. The maximum absolute atomic E-state index is 10.7. The number of rotatable bonds is 1. The first-order chi connectivity index (χ1) is 5.62. The highest BCUT2D eigenvalue weighted by Gasteiger charge is 2.48. The predicted molar refractivity (Wildman–Crippen MR) is 44.9 cm³/mol. The minimum absolute atomic E-state index is 0.128. The summed E-state index contributed by atoms with van der Waals surface area (Å²) in [5.74, 6) is -0.0933. The first-order valence-corrected chi connectivity index (χ1v) is 4.62. The van der Waals surface area contributed by atoms with Crippen LogP contribution in [0.25, 0.3) is 0 Å². The molecule has 2 rings (SSSR count). The molecular weight excluding hydrogens is 154 g/mol. The molecular formula is C9H15NO2. The normalized spacial score (nSPS) is 46.1. The Hall–Kier alpha value is -0.570. The zero-order valence-electron chi connectivity index (χ0n) is 7.34. The van der Waals surface area contributed by atoms with E-state index in [1.807, 2.05) is 0 Å². The standard InChI is InChI=1S/C9H15NO2/c1-9-4-2-3-6(9)5-7(10-9)8(11)12/h6-7,10H,2-5H2,1H3,(H,11,12)/t6-,7+,9-/m1/s1. The molecule has 0 bridgehead atoms. The minimum atomic E-state index is -0.689. The fraction of sp³-hybridized carbons (Fsp3) is 0.889. The summed E-state index contributed by atoms with van der Waals surface area (Å²) in [5.41, 5.74) is 0.128. The Kier molecular flexibility index (Phi) is 1.65. The molecule has 3 heteroatoms. The Morgan fingerprint density at radius 1 is 1.67 bits per heavy atom. The van der Waals surface area contributed by atoms with Crippen molar-refractivity contribution in [1.29, 1.82) is 0 Å². The molecule has 1 aliphatic carbocycles. The number of carboxylic acids is 1. The summed E-state index contributed by atoms with van der Waals surface area (Å²) < 4.78 is 0. The van der Waals surface area contributed by atoms with E-state index in [0.29, 0.717) is 5.92 Å². The second-order valence-corrected chi connectivity index (χ2v) is 4.28. The van der Waals surface area contributed by atoms with E-state index in [0.717, 1.165) is 12.8 Å². The van der Waals surface area contributed by atoms with E-state index in [1.165, 1.54) is 12.8 Å². The van der Waals surface area contributed by atoms with Crippen molar-refractivity contribution in [3.63, 3.8) is 0 Å². The van der Waals surface area contributed by atoms with Gasteiger partial charge in [0.15, 0.2) is 0 Å². The molecule has 0 aromatic carbocycles. The van der Waals surface area contributed by atoms with Crippen LogP contribution in [0.5, 0.6) is 0 Å². The molecule has 0 aromatic rings. The number of fused-ring (bicyclic) bond motifs is 1. The van der Waals surface area contributed by atoms with Gasteiger partial charge in [-0.05, 0) is 32.1 Å². The van der Waals surface area contributed by atoms with Crippen molar-refractivity contribution >= 4 is 5.97 Å². The van der Waals surface area contributed by atoms with Crippen molar-refractivity contribution in [2.75, 3.05) is 0 Å². The van der Waals surface area contributed by atoms with Crippen molar-refractivity contribution in [2.24, 2.45) is 5.92 Å². The van der Waals surface area contributed by atoms with Crippen LogP contribution in [0.3, 0.4) is 0 Å². The number of aliphatic carboxylic acids is 1. The molecule has 0 amide bonds. The molecule has 12 heavy (non-hydrogen) atoms. The minimum Gasteiger partial charge on any atom is -0.480 e. The van der Waals surface area contributed by atoms with E-state index < -0.39 is 5.97 Å². The molecule has 0 unspecified atom stereocenters. The van der Waals surface area contributed by atoms with Gasteiger partial charge in [0, 0.05) is 5.54 Å². The second kappa shape index (κ2) is 2.46. The zero-order chi connectivity index (χ0) is 8.77. The van der Waals surface area contributed by atoms with Gasteiger partial charge < -0.3 is 5.11 Å². The van der Waals surface area contributed by atoms with Crippen LogP contribution < -0.4 is 5.32 Å². The average molecular weight is 169 g/mol. The topological polar surface area (TPSA) is 49.3 Å². The highest BCUT2D eigenvalue weighted by atomic mass is 16.4. The van der Waals surface area contributed by atoms with Crippen molar-refractivity contribution in [2.45, 2.75) is 44.2 Å². The van der Waals surface area contributed by atoms with E-state index in [-0.39, 0.29) is 11.6 Å². The third-order valence-corrected chi connectivity index (χ3v) is 3.47. The molecule has 0 radical (unpaired) electrons. The lowest BCUT2D eigenvalue weighted by Crippen LogP contribution is -2.43. The van der Waals surface area contributed by atoms with Crippen LogP contribution in [0.4, 0.5) is 0 Å². The number of nitrogens with one attached hydrogen (secondary N) is 1. The summed E-state index contributed by atoms with van der Waals surface area (Å²) in [4.78, 5) is 10.7. The van der Waals surface area contributed by atoms with Gasteiger partial charge in [-0.1, -0.05) is 6.42 Å². The van der Waals surface area contributed by atoms with Crippen molar-refractivity contribution in [3.8, 4) is 0 Å². The summed E-state index contributed by atoms with van der Waals surface area (Å²) in [6.45, 7) is 2.16. The molecule has 1 aliphatic heterocycles. The van der Waals surface area contributed by atoms with Crippen molar-refractivity contribution in [3.05, 3.63) is 0 Å². The zero-order valence-corrected chi connectivity index (χ0v) is 7.34. The number of hydrogen-bond donors (Lipinski definition) is 2. The van der Waals surface area contributed by atoms with Gasteiger partial charge in [0.25, 0.3) is 0 Å². The SMILES string of the molecule is C[C@@]12CCC[C@@H]1C[C@@H](C(=O)O)N2. The molecule has 1 saturated carbocycles. The highest BCUT2D eigenvalue weighted by molar-refractivity contribution is 5.74. The largest absolute Gasteiger partial charge is 0.480 e. The van der Waals surface area contributed by atoms with Gasteiger partial charge in [-0.2, -0.15) is 0 Å². The van der Waals surface area contributed by atoms with Gasteiger partial charge >= 0.3 is 5.97 Å². The first kappa shape index (κ1) is 8.05. The summed E-state index contributed by atoms with van der Waals surface area (Å²) in [6.07, 6.45) is 4.42. The van der Waals surface area contributed by atoms with Gasteiger partial charge in [0.2, 0.25) is 0 Å². The van der Waals surface area contributed by atoms with E-state index >= 15 is 0 Å². The van der Waals surface area contributed by atoms with Crippen LogP contribution in [0, 0.1) is 5.92 Å². The van der Waals surface area contributed by atoms with E-state index in [2.05, 4.69) is 12.2 Å². The Labute approximate surface area is 72.2 Å². The molecule has 3 nitrogen and oxygen atoms in total. The van der Waals surface area contributed by atoms with Crippen LogP contribution in [-0.4, -0.2) is 22.7 Å². The number of carboxylic acid groups (broad SMARTS) is 1. The molecule has 68 valence electrons. The van der Waals surface area contributed by atoms with Gasteiger partial charge in [-0.25, -0.2) is 0 Å². The Bertz CT molecular complexity index is 217. The summed E-state index contributed by atoms with van der Waals surface area (Å²) in [5, 5.41) is 12.0. The predicted octanol–water partition coefficient (Wildman–Crippen LogP) is 0.992. The van der Waals surface area contributed by atoms with E-state index in [4.69, 9.17) is 5.11 Å². The number of carbonyl (C=O) groups is 1. The summed E-state index contributed by atoms with van der Waals surface area (Å²) >= 11 is 0. The smallest absolute Gasteiger partial charge is 0.320 e. The first-order valence-electron chi connectivity index (χ1n) is 4.62. The molecule has 2 fully saturated rings. The monoisotopic (exact) mass is 169 g/mol.